The van der Waals surface area contributed by atoms with Gasteiger partial charge in [-0.1, -0.05) is 84.9 Å². The predicted octanol–water partition coefficient (Wildman–Crippen LogP) is 8.39. The largest absolute Gasteiger partial charge is 0.395 e. The maximum Gasteiger partial charge on any atom is 0.268 e. The number of nitrogens with zero attached hydrogens (tertiary/aromatic N) is 5. The van der Waals surface area contributed by atoms with Crippen LogP contribution in [-0.4, -0.2) is 53.0 Å². The maximum atomic E-state index is 16.7. The summed E-state index contributed by atoms with van der Waals surface area (Å²) >= 11 is 0. The van der Waals surface area contributed by atoms with E-state index in [4.69, 9.17) is 4.74 Å². The Morgan fingerprint density at radius 3 is 2.31 bits per heavy atom. The number of fused-ring (bicyclic) bond motifs is 2. The Kier molecular flexibility index (Phi) is 8.14. The number of benzene rings is 5. The van der Waals surface area contributed by atoms with Gasteiger partial charge in [-0.25, -0.2) is 0 Å². The number of aliphatic hydroxyl groups excluding tert-OH is 1. The summed E-state index contributed by atoms with van der Waals surface area (Å²) in [5.41, 5.74) is 3.52. The fourth-order valence-corrected chi connectivity index (χ4v) is 11.8. The number of hydrogen-bond acceptors (Lipinski definition) is 6. The van der Waals surface area contributed by atoms with E-state index in [0.717, 1.165) is 22.0 Å². The molecule has 272 valence electrons. The van der Waals surface area contributed by atoms with Crippen LogP contribution in [0.3, 0.4) is 0 Å². The van der Waals surface area contributed by atoms with Gasteiger partial charge in [0.2, 0.25) is 8.41 Å². The van der Waals surface area contributed by atoms with Crippen molar-refractivity contribution in [3.05, 3.63) is 144 Å². The first-order valence-corrected chi connectivity index (χ1v) is 21.4. The molecule has 0 saturated carbocycles. The minimum atomic E-state index is -3.46. The van der Waals surface area contributed by atoms with E-state index >= 15 is 8.90 Å². The Labute approximate surface area is 313 Å². The molecule has 6 aromatic rings. The maximum absolute atomic E-state index is 16.7. The molecule has 3 aliphatic rings. The molecular weight excluding hydrogens is 698 g/mol. The van der Waals surface area contributed by atoms with Crippen molar-refractivity contribution >= 4 is 53.7 Å². The average Bonchev–Trinajstić information content (AvgIpc) is 3.91. The number of aryl methyl sites for hydroxylation is 1. The zero-order chi connectivity index (χ0) is 37.4. The molecule has 1 saturated heterocycles. The van der Waals surface area contributed by atoms with Gasteiger partial charge in [-0.3, -0.25) is 24.1 Å². The third-order valence-corrected chi connectivity index (χ3v) is 14.1. The average molecular weight is 738 g/mol. The lowest BCUT2D eigenvalue weighted by molar-refractivity contribution is -0.145. The summed E-state index contributed by atoms with van der Waals surface area (Å²) in [6.45, 7) is 5.58. The van der Waals surface area contributed by atoms with Gasteiger partial charge in [0.05, 0.1) is 41.3 Å². The molecule has 1 unspecified atom stereocenters. The van der Waals surface area contributed by atoms with E-state index in [9.17, 15) is 9.90 Å². The molecule has 5 aromatic carbocycles. The highest BCUT2D eigenvalue weighted by Gasteiger charge is 2.67. The summed E-state index contributed by atoms with van der Waals surface area (Å²) in [6.07, 6.45) is 1.61. The van der Waals surface area contributed by atoms with E-state index in [1.165, 1.54) is 0 Å². The van der Waals surface area contributed by atoms with Crippen molar-refractivity contribution in [1.29, 1.82) is 0 Å². The van der Waals surface area contributed by atoms with Crippen molar-refractivity contribution in [1.82, 2.24) is 15.0 Å². The Hall–Kier alpha value is -5.49. The van der Waals surface area contributed by atoms with Crippen LogP contribution in [0.1, 0.15) is 46.4 Å². The number of carbonyl (C=O) groups is 2. The standard InChI is InChI=1S/C43H40FN5O4Si/c1-27-40(54(2,3)44)38(22-23-47-25-35(45-46-47)33(26-50)28-12-6-4-7-13-28)53-43(27)34-24-31(20-21-36(34)49(42(43)52)30-16-8-5-9-17-30)48-37-19-11-15-29-14-10-18-32(39(29)37)41(48)51/h4-21,24-25,27,33,38,40,50H,22-23,26H2,1-3H3/t27-,33?,38+,40-,43+/m1/s1. The summed E-state index contributed by atoms with van der Waals surface area (Å²) in [6, 6.07) is 36.4. The van der Waals surface area contributed by atoms with E-state index in [1.807, 2.05) is 128 Å². The van der Waals surface area contributed by atoms with Gasteiger partial charge in [-0.15, -0.1) is 5.10 Å². The molecule has 0 bridgehead atoms. The van der Waals surface area contributed by atoms with Crippen LogP contribution in [0, 0.1) is 5.92 Å². The monoisotopic (exact) mass is 737 g/mol. The fraction of sp³-hybridized carbons (Fsp3) is 0.256. The Bertz CT molecular complexity index is 2410. The van der Waals surface area contributed by atoms with Gasteiger partial charge in [-0.2, -0.15) is 0 Å². The van der Waals surface area contributed by atoms with Gasteiger partial charge in [-0.05, 0) is 72.9 Å². The minimum Gasteiger partial charge on any atom is -0.395 e. The molecule has 1 aromatic heterocycles. The van der Waals surface area contributed by atoms with Crippen molar-refractivity contribution in [3.8, 4) is 0 Å². The van der Waals surface area contributed by atoms with Gasteiger partial charge in [0, 0.05) is 46.5 Å². The molecule has 1 fully saturated rings. The molecule has 3 aliphatic heterocycles. The van der Waals surface area contributed by atoms with Crippen LogP contribution < -0.4 is 9.80 Å². The third-order valence-electron chi connectivity index (χ3n) is 11.6. The lowest BCUT2D eigenvalue weighted by Gasteiger charge is -2.31. The second kappa shape index (κ2) is 12.8. The van der Waals surface area contributed by atoms with Crippen LogP contribution in [0.2, 0.25) is 18.6 Å². The molecule has 0 aliphatic carbocycles. The molecule has 0 radical (unpaired) electrons. The number of carbonyl (C=O) groups excluding carboxylic acids is 2. The number of para-hydroxylation sites is 1. The minimum absolute atomic E-state index is 0.121. The highest BCUT2D eigenvalue weighted by atomic mass is 28.4. The number of amides is 2. The molecule has 9 rings (SSSR count). The molecule has 1 N–H and O–H groups in total. The van der Waals surface area contributed by atoms with E-state index in [2.05, 4.69) is 10.3 Å². The number of anilines is 4. The second-order valence-corrected chi connectivity index (χ2v) is 18.9. The number of ether oxygens (including phenoxy) is 1. The topological polar surface area (TPSA) is 101 Å². The summed E-state index contributed by atoms with van der Waals surface area (Å²) in [7, 11) is -3.46. The van der Waals surface area contributed by atoms with Gasteiger partial charge in [0.25, 0.3) is 11.8 Å². The summed E-state index contributed by atoms with van der Waals surface area (Å²) in [4.78, 5) is 32.6. The van der Waals surface area contributed by atoms with Gasteiger partial charge < -0.3 is 14.0 Å². The summed E-state index contributed by atoms with van der Waals surface area (Å²) < 4.78 is 25.5. The van der Waals surface area contributed by atoms with Crippen LogP contribution in [0.5, 0.6) is 0 Å². The first kappa shape index (κ1) is 34.3. The van der Waals surface area contributed by atoms with E-state index < -0.39 is 31.6 Å². The van der Waals surface area contributed by atoms with E-state index in [0.29, 0.717) is 46.8 Å². The van der Waals surface area contributed by atoms with Crippen molar-refractivity contribution in [2.24, 2.45) is 5.92 Å². The smallest absolute Gasteiger partial charge is 0.268 e. The molecule has 54 heavy (non-hydrogen) atoms. The molecular formula is C43H40FN5O4Si. The number of halogens is 1. The highest BCUT2D eigenvalue weighted by molar-refractivity contribution is 6.72. The summed E-state index contributed by atoms with van der Waals surface area (Å²) in [5.74, 6) is -1.27. The highest BCUT2D eigenvalue weighted by Crippen LogP contribution is 2.62. The number of rotatable bonds is 9. The molecule has 2 amide bonds. The van der Waals surface area contributed by atoms with Crippen molar-refractivity contribution in [2.75, 3.05) is 16.4 Å². The van der Waals surface area contributed by atoms with E-state index in [1.54, 1.807) is 27.6 Å². The van der Waals surface area contributed by atoms with Crippen LogP contribution >= 0.6 is 0 Å². The van der Waals surface area contributed by atoms with Crippen LogP contribution in [0.15, 0.2) is 121 Å². The molecule has 5 atom stereocenters. The predicted molar refractivity (Wildman–Crippen MR) is 209 cm³/mol. The number of aliphatic hydroxyl groups is 1. The number of hydrogen-bond donors (Lipinski definition) is 1. The van der Waals surface area contributed by atoms with Crippen LogP contribution in [-0.2, 0) is 21.7 Å². The van der Waals surface area contributed by atoms with Gasteiger partial charge in [0.1, 0.15) is 0 Å². The Morgan fingerprint density at radius 1 is 0.870 bits per heavy atom. The Morgan fingerprint density at radius 2 is 1.59 bits per heavy atom. The fourth-order valence-electron chi connectivity index (χ4n) is 9.27. The molecule has 1 spiro atoms. The molecule has 4 heterocycles. The Balaban J connectivity index is 1.11. The summed E-state index contributed by atoms with van der Waals surface area (Å²) in [5, 5.41) is 20.8. The van der Waals surface area contributed by atoms with Crippen LogP contribution in [0.25, 0.3) is 10.8 Å². The zero-order valence-corrected chi connectivity index (χ0v) is 31.3. The lowest BCUT2D eigenvalue weighted by atomic mass is 9.82. The van der Waals surface area contributed by atoms with Crippen molar-refractivity contribution in [2.45, 2.75) is 56.1 Å². The third kappa shape index (κ3) is 5.17. The van der Waals surface area contributed by atoms with Crippen LogP contribution in [0.4, 0.5) is 26.9 Å². The molecule has 9 nitrogen and oxygen atoms in total. The second-order valence-electron chi connectivity index (χ2n) is 15.1. The SMILES string of the molecule is C[C@@H]1[C@@H]([Si](C)(C)F)[C@H](CCn2cc(C(CO)c3ccccc3)nn2)O[C@@]12C(=O)N(c1ccccc1)c1ccc(N3C(=O)c4cccc5cccc3c45)cc12. The first-order valence-electron chi connectivity index (χ1n) is 18.4. The van der Waals surface area contributed by atoms with Gasteiger partial charge >= 0.3 is 0 Å². The lowest BCUT2D eigenvalue weighted by Crippen LogP contribution is -2.44. The zero-order valence-electron chi connectivity index (χ0n) is 30.3. The van der Waals surface area contributed by atoms with Crippen molar-refractivity contribution < 1.29 is 23.5 Å². The first-order chi connectivity index (χ1) is 26.1. The normalized spacial score (nSPS) is 22.5. The number of aromatic nitrogens is 3. The van der Waals surface area contributed by atoms with E-state index in [-0.39, 0.29) is 24.3 Å². The van der Waals surface area contributed by atoms with Crippen molar-refractivity contribution in [3.63, 3.8) is 0 Å². The quantitative estimate of drug-likeness (QED) is 0.118. The van der Waals surface area contributed by atoms with Gasteiger partial charge in [0.15, 0.2) is 5.60 Å². The molecule has 11 heteroatoms.